The average molecular weight is 453 g/mol. The van der Waals surface area contributed by atoms with E-state index in [1.165, 1.54) is 17.4 Å². The van der Waals surface area contributed by atoms with Crippen LogP contribution in [0.4, 0.5) is 0 Å². The molecule has 0 saturated carbocycles. The van der Waals surface area contributed by atoms with Crippen LogP contribution in [0.2, 0.25) is 0 Å². The molecule has 2 aromatic carbocycles. The highest BCUT2D eigenvalue weighted by molar-refractivity contribution is 7.16. The number of hydrogen-bond donors (Lipinski definition) is 0. The molecule has 0 spiro atoms. The molecule has 0 bridgehead atoms. The Labute approximate surface area is 189 Å². The topological polar surface area (TPSA) is 79.1 Å². The van der Waals surface area contributed by atoms with E-state index in [0.29, 0.717) is 35.0 Å². The number of amides is 1. The van der Waals surface area contributed by atoms with E-state index in [0.717, 1.165) is 15.8 Å². The van der Waals surface area contributed by atoms with Gasteiger partial charge in [0.05, 0.1) is 36.6 Å². The van der Waals surface area contributed by atoms with Gasteiger partial charge in [0.1, 0.15) is 0 Å². The number of allylic oxidation sites excluding steroid dienone is 1. The zero-order chi connectivity index (χ0) is 23.1. The number of ether oxygens (including phenoxy) is 3. The summed E-state index contributed by atoms with van der Waals surface area (Å²) in [6, 6.07) is 10.6. The summed E-state index contributed by atoms with van der Waals surface area (Å²) >= 11 is 1.32. The third kappa shape index (κ3) is 5.15. The van der Waals surface area contributed by atoms with Gasteiger partial charge in [0.2, 0.25) is 0 Å². The number of rotatable bonds is 8. The quantitative estimate of drug-likeness (QED) is 0.290. The molecule has 0 N–H and O–H groups in total. The van der Waals surface area contributed by atoms with Crippen LogP contribution in [0.5, 0.6) is 11.5 Å². The van der Waals surface area contributed by atoms with Crippen molar-refractivity contribution < 1.29 is 23.8 Å². The van der Waals surface area contributed by atoms with Gasteiger partial charge in [-0.25, -0.2) is 4.79 Å². The van der Waals surface area contributed by atoms with Crippen molar-refractivity contribution in [1.29, 1.82) is 0 Å². The highest BCUT2D eigenvalue weighted by Crippen LogP contribution is 2.28. The predicted molar refractivity (Wildman–Crippen MR) is 125 cm³/mol. The number of carbonyl (C=O) groups excluding carboxylic acids is 2. The molecule has 8 heteroatoms. The van der Waals surface area contributed by atoms with Crippen molar-refractivity contribution in [1.82, 2.24) is 4.57 Å². The van der Waals surface area contributed by atoms with E-state index in [2.05, 4.69) is 11.6 Å². The normalized spacial score (nSPS) is 11.7. The number of nitrogens with zero attached hydrogens (tertiary/aromatic N) is 2. The fraction of sp³-hybridized carbons (Fsp3) is 0.208. The lowest BCUT2D eigenvalue weighted by Gasteiger charge is -2.07. The van der Waals surface area contributed by atoms with E-state index in [1.54, 1.807) is 57.6 Å². The Morgan fingerprint density at radius 2 is 1.91 bits per heavy atom. The summed E-state index contributed by atoms with van der Waals surface area (Å²) in [5.74, 6) is 0.392. The van der Waals surface area contributed by atoms with Crippen LogP contribution in [0.3, 0.4) is 0 Å². The Bertz CT molecular complexity index is 1250. The molecule has 1 aromatic heterocycles. The second kappa shape index (κ2) is 10.6. The molecule has 3 aromatic rings. The van der Waals surface area contributed by atoms with E-state index in [9.17, 15) is 9.59 Å². The molecule has 166 valence electrons. The van der Waals surface area contributed by atoms with E-state index in [1.807, 2.05) is 16.7 Å². The third-order valence-corrected chi connectivity index (χ3v) is 5.58. The van der Waals surface area contributed by atoms with Gasteiger partial charge in [-0.1, -0.05) is 23.5 Å². The number of fused-ring (bicyclic) bond motifs is 1. The highest BCUT2D eigenvalue weighted by atomic mass is 32.1. The molecule has 0 aliphatic carbocycles. The number of aromatic nitrogens is 1. The minimum atomic E-state index is -0.408. The zero-order valence-electron chi connectivity index (χ0n) is 18.2. The monoisotopic (exact) mass is 452 g/mol. The van der Waals surface area contributed by atoms with Crippen LogP contribution in [-0.2, 0) is 16.1 Å². The van der Waals surface area contributed by atoms with Crippen molar-refractivity contribution in [2.75, 3.05) is 20.8 Å². The fourth-order valence-corrected chi connectivity index (χ4v) is 4.15. The zero-order valence-corrected chi connectivity index (χ0v) is 19.0. The van der Waals surface area contributed by atoms with Crippen LogP contribution >= 0.6 is 11.3 Å². The standard InChI is InChI=1S/C24H24N2O5S/c1-5-13-26-18-10-9-17(23(28)31-6-2)15-21(18)32-24(26)25-22(27)12-8-16-7-11-19(29-3)20(14-16)30-4/h5,7-12,14-15H,1,6,13H2,2-4H3. The molecule has 0 unspecified atom stereocenters. The maximum Gasteiger partial charge on any atom is 0.338 e. The molecule has 32 heavy (non-hydrogen) atoms. The smallest absolute Gasteiger partial charge is 0.338 e. The lowest BCUT2D eigenvalue weighted by Crippen LogP contribution is -2.15. The maximum absolute atomic E-state index is 12.5. The largest absolute Gasteiger partial charge is 0.493 e. The lowest BCUT2D eigenvalue weighted by atomic mass is 10.2. The second-order valence-corrected chi connectivity index (χ2v) is 7.59. The van der Waals surface area contributed by atoms with E-state index in [4.69, 9.17) is 14.2 Å². The van der Waals surface area contributed by atoms with Crippen molar-refractivity contribution in [3.05, 3.63) is 71.1 Å². The molecule has 7 nitrogen and oxygen atoms in total. The SMILES string of the molecule is C=CCn1c(=NC(=O)C=Cc2ccc(OC)c(OC)c2)sc2cc(C(=O)OCC)ccc21. The minimum Gasteiger partial charge on any atom is -0.493 e. The number of carbonyl (C=O) groups is 2. The van der Waals surface area contributed by atoms with Gasteiger partial charge in [-0.3, -0.25) is 4.79 Å². The summed E-state index contributed by atoms with van der Waals surface area (Å²) in [6.07, 6.45) is 4.79. The average Bonchev–Trinajstić information content (AvgIpc) is 3.13. The molecule has 0 aliphatic heterocycles. The van der Waals surface area contributed by atoms with Crippen molar-refractivity contribution in [3.8, 4) is 11.5 Å². The summed E-state index contributed by atoms with van der Waals surface area (Å²) in [6.45, 7) is 6.33. The number of thiazole rings is 1. The Hall–Kier alpha value is -3.65. The Balaban J connectivity index is 1.94. The molecule has 0 aliphatic rings. The number of hydrogen-bond acceptors (Lipinski definition) is 6. The summed E-state index contributed by atoms with van der Waals surface area (Å²) in [5, 5.41) is 0. The number of benzene rings is 2. The molecule has 0 fully saturated rings. The summed E-state index contributed by atoms with van der Waals surface area (Å²) in [4.78, 5) is 29.4. The number of esters is 1. The van der Waals surface area contributed by atoms with Crippen LogP contribution in [0, 0.1) is 0 Å². The van der Waals surface area contributed by atoms with Gasteiger partial charge in [0.25, 0.3) is 5.91 Å². The first-order valence-corrected chi connectivity index (χ1v) is 10.7. The van der Waals surface area contributed by atoms with Gasteiger partial charge in [-0.2, -0.15) is 4.99 Å². The van der Waals surface area contributed by atoms with Crippen molar-refractivity contribution in [3.63, 3.8) is 0 Å². The molecule has 1 heterocycles. The Kier molecular flexibility index (Phi) is 7.62. The molecular weight excluding hydrogens is 428 g/mol. The van der Waals surface area contributed by atoms with Gasteiger partial charge < -0.3 is 18.8 Å². The van der Waals surface area contributed by atoms with Crippen LogP contribution in [0.1, 0.15) is 22.8 Å². The minimum absolute atomic E-state index is 0.305. The van der Waals surface area contributed by atoms with E-state index in [-0.39, 0.29) is 5.97 Å². The first-order valence-electron chi connectivity index (χ1n) is 9.91. The molecule has 0 saturated heterocycles. The van der Waals surface area contributed by atoms with Crippen LogP contribution in [0.25, 0.3) is 16.3 Å². The molecule has 0 atom stereocenters. The third-order valence-electron chi connectivity index (χ3n) is 4.54. The summed E-state index contributed by atoms with van der Waals surface area (Å²) in [7, 11) is 3.12. The van der Waals surface area contributed by atoms with Gasteiger partial charge in [-0.15, -0.1) is 6.58 Å². The van der Waals surface area contributed by atoms with E-state index >= 15 is 0 Å². The Morgan fingerprint density at radius 3 is 2.59 bits per heavy atom. The molecular formula is C24H24N2O5S. The van der Waals surface area contributed by atoms with Gasteiger partial charge in [0, 0.05) is 12.6 Å². The van der Waals surface area contributed by atoms with E-state index < -0.39 is 5.91 Å². The van der Waals surface area contributed by atoms with Crippen LogP contribution in [-0.4, -0.2) is 37.3 Å². The highest BCUT2D eigenvalue weighted by Gasteiger charge is 2.12. The van der Waals surface area contributed by atoms with Gasteiger partial charge in [-0.05, 0) is 48.9 Å². The molecule has 3 rings (SSSR count). The first-order chi connectivity index (χ1) is 15.5. The summed E-state index contributed by atoms with van der Waals surface area (Å²) in [5.41, 5.74) is 2.09. The van der Waals surface area contributed by atoms with Crippen LogP contribution < -0.4 is 14.3 Å². The molecule has 0 radical (unpaired) electrons. The van der Waals surface area contributed by atoms with Crippen molar-refractivity contribution in [2.45, 2.75) is 13.5 Å². The molecule has 1 amide bonds. The predicted octanol–water partition coefficient (Wildman–Crippen LogP) is 4.22. The maximum atomic E-state index is 12.5. The van der Waals surface area contributed by atoms with Crippen LogP contribution in [0.15, 0.2) is 60.1 Å². The van der Waals surface area contributed by atoms with Gasteiger partial charge in [0.15, 0.2) is 16.3 Å². The lowest BCUT2D eigenvalue weighted by molar-refractivity contribution is -0.113. The van der Waals surface area contributed by atoms with Gasteiger partial charge >= 0.3 is 5.97 Å². The number of methoxy groups -OCH3 is 2. The first kappa shape index (κ1) is 23.0. The second-order valence-electron chi connectivity index (χ2n) is 6.58. The van der Waals surface area contributed by atoms with Crippen molar-refractivity contribution >= 4 is 39.5 Å². The fourth-order valence-electron chi connectivity index (χ4n) is 3.06. The Morgan fingerprint density at radius 1 is 1.12 bits per heavy atom. The van der Waals surface area contributed by atoms with Crippen molar-refractivity contribution in [2.24, 2.45) is 4.99 Å². The summed E-state index contributed by atoms with van der Waals surface area (Å²) < 4.78 is 18.3.